The van der Waals surface area contributed by atoms with Crippen molar-refractivity contribution in [3.8, 4) is 5.75 Å². The van der Waals surface area contributed by atoms with E-state index in [1.54, 1.807) is 13.2 Å². The Morgan fingerprint density at radius 1 is 0.966 bits per heavy atom. The normalized spacial score (nSPS) is 18.0. The van der Waals surface area contributed by atoms with Crippen molar-refractivity contribution in [1.82, 2.24) is 4.90 Å². The summed E-state index contributed by atoms with van der Waals surface area (Å²) in [6.45, 7) is 0. The Kier molecular flexibility index (Phi) is 7.00. The molecule has 7 heteroatoms. The molecule has 1 fully saturated rings. The van der Waals surface area contributed by atoms with E-state index in [9.17, 15) is 9.59 Å². The summed E-state index contributed by atoms with van der Waals surface area (Å²) in [5.41, 5.74) is 1.47. The van der Waals surface area contributed by atoms with Crippen LogP contribution in [0.2, 0.25) is 0 Å². The third-order valence-electron chi connectivity index (χ3n) is 5.54. The molecule has 1 aliphatic carbocycles. The molecular weight excluding hydrogens is 438 g/mol. The molecule has 0 N–H and O–H groups in total. The van der Waals surface area contributed by atoms with Crippen molar-refractivity contribution in [3.63, 3.8) is 0 Å². The molecule has 0 atom stereocenters. The van der Waals surface area contributed by atoms with E-state index in [1.165, 1.54) is 20.6 Å². The average molecular weight is 464 g/mol. The van der Waals surface area contributed by atoms with Gasteiger partial charge in [-0.05, 0) is 31.0 Å². The molecule has 2 aliphatic rings. The number of carbonyl (C=O) groups is 2. The SMILES string of the molecule is COC(=O)C1=CN(C2CCCCC2)C=C(C(=O)OC)C1c1cc(Br)ccc1OC. The molecule has 1 aromatic carbocycles. The fourth-order valence-corrected chi connectivity index (χ4v) is 4.49. The van der Waals surface area contributed by atoms with Crippen LogP contribution in [-0.4, -0.2) is 44.2 Å². The Morgan fingerprint density at radius 2 is 1.55 bits per heavy atom. The van der Waals surface area contributed by atoms with Gasteiger partial charge in [0, 0.05) is 28.5 Å². The monoisotopic (exact) mass is 463 g/mol. The lowest BCUT2D eigenvalue weighted by Crippen LogP contribution is -2.35. The van der Waals surface area contributed by atoms with E-state index in [4.69, 9.17) is 14.2 Å². The lowest BCUT2D eigenvalue weighted by molar-refractivity contribution is -0.137. The maximum absolute atomic E-state index is 12.8. The lowest BCUT2D eigenvalue weighted by Gasteiger charge is -2.36. The zero-order valence-electron chi connectivity index (χ0n) is 16.9. The Hall–Kier alpha value is -2.28. The Bertz CT molecular complexity index is 808. The van der Waals surface area contributed by atoms with Gasteiger partial charge in [0.05, 0.1) is 38.4 Å². The third-order valence-corrected chi connectivity index (χ3v) is 6.03. The van der Waals surface area contributed by atoms with E-state index in [0.29, 0.717) is 22.5 Å². The molecule has 0 saturated heterocycles. The number of halogens is 1. The largest absolute Gasteiger partial charge is 0.496 e. The van der Waals surface area contributed by atoms with Crippen molar-refractivity contribution in [1.29, 1.82) is 0 Å². The van der Waals surface area contributed by atoms with Crippen LogP contribution < -0.4 is 4.74 Å². The molecule has 156 valence electrons. The molecule has 0 bridgehead atoms. The van der Waals surface area contributed by atoms with E-state index < -0.39 is 17.9 Å². The molecule has 0 unspecified atom stereocenters. The first kappa shape index (κ1) is 21.4. The summed E-state index contributed by atoms with van der Waals surface area (Å²) < 4.78 is 16.5. The molecule has 0 amide bonds. The number of methoxy groups -OCH3 is 3. The predicted octanol–water partition coefficient (Wildman–Crippen LogP) is 4.30. The van der Waals surface area contributed by atoms with Crippen molar-refractivity contribution >= 4 is 27.9 Å². The van der Waals surface area contributed by atoms with Gasteiger partial charge < -0.3 is 19.1 Å². The number of hydrogen-bond acceptors (Lipinski definition) is 6. The highest BCUT2D eigenvalue weighted by Gasteiger charge is 2.38. The van der Waals surface area contributed by atoms with Crippen LogP contribution in [0.25, 0.3) is 0 Å². The molecule has 29 heavy (non-hydrogen) atoms. The van der Waals surface area contributed by atoms with E-state index in [0.717, 1.165) is 30.2 Å². The van der Waals surface area contributed by atoms with Crippen LogP contribution in [0.15, 0.2) is 46.2 Å². The van der Waals surface area contributed by atoms with Gasteiger partial charge in [0.1, 0.15) is 5.75 Å². The Morgan fingerprint density at radius 3 is 2.07 bits per heavy atom. The minimum Gasteiger partial charge on any atom is -0.496 e. The van der Waals surface area contributed by atoms with E-state index >= 15 is 0 Å². The summed E-state index contributed by atoms with van der Waals surface area (Å²) in [5.74, 6) is -1.03. The lowest BCUT2D eigenvalue weighted by atomic mass is 9.82. The third kappa shape index (κ3) is 4.50. The molecule has 6 nitrogen and oxygen atoms in total. The summed E-state index contributed by atoms with van der Waals surface area (Å²) in [5, 5.41) is 0. The molecule has 3 rings (SSSR count). The minimum atomic E-state index is -0.651. The number of carbonyl (C=O) groups excluding carboxylic acids is 2. The molecule has 1 aliphatic heterocycles. The quantitative estimate of drug-likeness (QED) is 0.606. The van der Waals surface area contributed by atoms with E-state index in [-0.39, 0.29) is 6.04 Å². The highest BCUT2D eigenvalue weighted by Crippen LogP contribution is 2.43. The second kappa shape index (κ2) is 9.48. The number of ether oxygens (including phenoxy) is 3. The number of esters is 2. The second-order valence-corrected chi connectivity index (χ2v) is 8.13. The van der Waals surface area contributed by atoms with Gasteiger partial charge in [0.25, 0.3) is 0 Å². The van der Waals surface area contributed by atoms with E-state index in [2.05, 4.69) is 15.9 Å². The summed E-state index contributed by atoms with van der Waals surface area (Å²) in [7, 11) is 4.26. The van der Waals surface area contributed by atoms with Crippen LogP contribution in [0.1, 0.15) is 43.6 Å². The standard InChI is InChI=1S/C22H26BrNO5/c1-27-19-10-9-14(23)11-16(19)20-17(21(25)28-2)12-24(13-18(20)22(26)29-3)15-7-5-4-6-8-15/h9-13,15,20H,4-8H2,1-3H3. The van der Waals surface area contributed by atoms with Crippen LogP contribution in [-0.2, 0) is 19.1 Å². The molecule has 0 radical (unpaired) electrons. The zero-order valence-corrected chi connectivity index (χ0v) is 18.5. The average Bonchev–Trinajstić information content (AvgIpc) is 2.77. The van der Waals surface area contributed by atoms with Gasteiger partial charge >= 0.3 is 11.9 Å². The molecule has 1 heterocycles. The van der Waals surface area contributed by atoms with Crippen LogP contribution in [0.4, 0.5) is 0 Å². The number of nitrogens with zero attached hydrogens (tertiary/aromatic N) is 1. The molecule has 1 saturated carbocycles. The highest BCUT2D eigenvalue weighted by atomic mass is 79.9. The molecule has 0 aromatic heterocycles. The summed E-state index contributed by atoms with van der Waals surface area (Å²) in [6, 6.07) is 5.75. The summed E-state index contributed by atoms with van der Waals surface area (Å²) in [6.07, 6.45) is 9.14. The maximum atomic E-state index is 12.8. The minimum absolute atomic E-state index is 0.244. The first-order chi connectivity index (χ1) is 14.0. The van der Waals surface area contributed by atoms with Gasteiger partial charge in [-0.3, -0.25) is 0 Å². The van der Waals surface area contributed by atoms with Crippen LogP contribution in [0.3, 0.4) is 0 Å². The van der Waals surface area contributed by atoms with Crippen LogP contribution in [0.5, 0.6) is 5.75 Å². The Balaban J connectivity index is 2.15. The smallest absolute Gasteiger partial charge is 0.336 e. The highest BCUT2D eigenvalue weighted by molar-refractivity contribution is 9.10. The first-order valence-corrected chi connectivity index (χ1v) is 10.5. The van der Waals surface area contributed by atoms with E-state index in [1.807, 2.05) is 29.4 Å². The fourth-order valence-electron chi connectivity index (χ4n) is 4.11. The predicted molar refractivity (Wildman–Crippen MR) is 112 cm³/mol. The second-order valence-electron chi connectivity index (χ2n) is 7.21. The fraction of sp³-hybridized carbons (Fsp3) is 0.455. The van der Waals surface area contributed by atoms with Crippen molar-refractivity contribution in [2.45, 2.75) is 44.1 Å². The molecule has 0 spiro atoms. The molecule has 1 aromatic rings. The van der Waals surface area contributed by atoms with Crippen molar-refractivity contribution in [2.75, 3.05) is 21.3 Å². The molecular formula is C22H26BrNO5. The summed E-state index contributed by atoms with van der Waals surface area (Å²) >= 11 is 3.48. The van der Waals surface area contributed by atoms with Gasteiger partial charge in [0.15, 0.2) is 0 Å². The number of rotatable bonds is 5. The van der Waals surface area contributed by atoms with Gasteiger partial charge in [0.2, 0.25) is 0 Å². The van der Waals surface area contributed by atoms with Crippen molar-refractivity contribution in [2.24, 2.45) is 0 Å². The Labute approximate surface area is 179 Å². The summed E-state index contributed by atoms with van der Waals surface area (Å²) in [4.78, 5) is 27.5. The maximum Gasteiger partial charge on any atom is 0.336 e. The first-order valence-electron chi connectivity index (χ1n) is 9.71. The van der Waals surface area contributed by atoms with Crippen LogP contribution >= 0.6 is 15.9 Å². The van der Waals surface area contributed by atoms with Crippen molar-refractivity contribution in [3.05, 3.63) is 51.8 Å². The number of hydrogen-bond donors (Lipinski definition) is 0. The zero-order chi connectivity index (χ0) is 21.0. The van der Waals surface area contributed by atoms with Crippen molar-refractivity contribution < 1.29 is 23.8 Å². The van der Waals surface area contributed by atoms with Gasteiger partial charge in [-0.2, -0.15) is 0 Å². The van der Waals surface area contributed by atoms with Gasteiger partial charge in [-0.1, -0.05) is 35.2 Å². The number of benzene rings is 1. The van der Waals surface area contributed by atoms with Gasteiger partial charge in [-0.25, -0.2) is 9.59 Å². The topological polar surface area (TPSA) is 65.1 Å². The van der Waals surface area contributed by atoms with Gasteiger partial charge in [-0.15, -0.1) is 0 Å². The van der Waals surface area contributed by atoms with Crippen LogP contribution in [0, 0.1) is 0 Å².